The molecular weight excluding hydrogens is 415 g/mol. The Balaban J connectivity index is 1.79. The summed E-state index contributed by atoms with van der Waals surface area (Å²) in [4.78, 5) is 18.2. The molecule has 29 heavy (non-hydrogen) atoms. The second-order valence-electron chi connectivity index (χ2n) is 6.02. The number of hydrogen-bond acceptors (Lipinski definition) is 6. The Hall–Kier alpha value is -3.03. The average Bonchev–Trinajstić information content (AvgIpc) is 2.68. The van der Waals surface area contributed by atoms with Gasteiger partial charge in [0.15, 0.2) is 11.5 Å². The van der Waals surface area contributed by atoms with Crippen LogP contribution < -0.4 is 20.5 Å². The quantitative estimate of drug-likeness (QED) is 0.426. The van der Waals surface area contributed by atoms with Crippen molar-refractivity contribution in [1.82, 2.24) is 9.97 Å². The second kappa shape index (κ2) is 9.45. The van der Waals surface area contributed by atoms with Gasteiger partial charge in [-0.2, -0.15) is 5.10 Å². The van der Waals surface area contributed by atoms with Gasteiger partial charge >= 0.3 is 0 Å². The van der Waals surface area contributed by atoms with Crippen LogP contribution >= 0.6 is 23.2 Å². The number of aromatic nitrogens is 2. The molecule has 2 aromatic carbocycles. The molecule has 0 spiro atoms. The molecule has 3 rings (SSSR count). The molecule has 7 nitrogen and oxygen atoms in total. The van der Waals surface area contributed by atoms with Crippen molar-refractivity contribution in [3.05, 3.63) is 79.7 Å². The summed E-state index contributed by atoms with van der Waals surface area (Å²) < 4.78 is 11.4. The van der Waals surface area contributed by atoms with Crippen molar-refractivity contribution < 1.29 is 9.47 Å². The van der Waals surface area contributed by atoms with Crippen LogP contribution in [0.1, 0.15) is 16.8 Å². The van der Waals surface area contributed by atoms with Crippen molar-refractivity contribution in [3.63, 3.8) is 0 Å². The zero-order chi connectivity index (χ0) is 20.8. The van der Waals surface area contributed by atoms with E-state index >= 15 is 0 Å². The number of halogens is 2. The number of benzene rings is 2. The van der Waals surface area contributed by atoms with Crippen LogP contribution in [0.4, 0.5) is 5.95 Å². The molecule has 2 N–H and O–H groups in total. The predicted octanol–water partition coefficient (Wildman–Crippen LogP) is 4.42. The molecule has 0 bridgehead atoms. The van der Waals surface area contributed by atoms with Gasteiger partial charge in [-0.15, -0.1) is 0 Å². The first-order valence-electron chi connectivity index (χ1n) is 8.57. The van der Waals surface area contributed by atoms with Crippen molar-refractivity contribution in [1.29, 1.82) is 0 Å². The number of nitrogens with zero attached hydrogens (tertiary/aromatic N) is 2. The van der Waals surface area contributed by atoms with Crippen molar-refractivity contribution in [2.24, 2.45) is 5.10 Å². The number of para-hydroxylation sites is 1. The molecule has 0 saturated heterocycles. The molecule has 0 radical (unpaired) electrons. The van der Waals surface area contributed by atoms with E-state index in [0.29, 0.717) is 32.8 Å². The van der Waals surface area contributed by atoms with Crippen LogP contribution in [0.15, 0.2) is 52.4 Å². The topological polar surface area (TPSA) is 88.6 Å². The fraction of sp³-hybridized carbons (Fsp3) is 0.150. The Labute approximate surface area is 177 Å². The summed E-state index contributed by atoms with van der Waals surface area (Å²) in [5.41, 5.74) is 4.55. The van der Waals surface area contributed by atoms with Gasteiger partial charge in [-0.3, -0.25) is 9.78 Å². The fourth-order valence-electron chi connectivity index (χ4n) is 2.53. The van der Waals surface area contributed by atoms with Gasteiger partial charge < -0.3 is 9.47 Å². The van der Waals surface area contributed by atoms with E-state index in [1.165, 1.54) is 6.07 Å². The second-order valence-corrected chi connectivity index (χ2v) is 6.84. The van der Waals surface area contributed by atoms with E-state index in [4.69, 9.17) is 32.7 Å². The van der Waals surface area contributed by atoms with Crippen molar-refractivity contribution in [2.75, 3.05) is 12.5 Å². The van der Waals surface area contributed by atoms with Crippen molar-refractivity contribution >= 4 is 35.4 Å². The SMILES string of the molecule is COc1cccc(/C=N/Nc2nc(C)cc(=O)[nH]2)c1OCc1ccc(Cl)c(Cl)c1. The molecule has 1 aromatic heterocycles. The summed E-state index contributed by atoms with van der Waals surface area (Å²) in [5.74, 6) is 1.31. The van der Waals surface area contributed by atoms with Crippen LogP contribution in [0.3, 0.4) is 0 Å². The van der Waals surface area contributed by atoms with Crippen molar-refractivity contribution in [2.45, 2.75) is 13.5 Å². The lowest BCUT2D eigenvalue weighted by molar-refractivity contribution is 0.284. The van der Waals surface area contributed by atoms with Gasteiger partial charge in [0.1, 0.15) is 6.61 Å². The number of nitrogens with one attached hydrogen (secondary N) is 2. The maximum Gasteiger partial charge on any atom is 0.252 e. The van der Waals surface area contributed by atoms with E-state index in [1.807, 2.05) is 18.2 Å². The molecule has 0 aliphatic rings. The number of ether oxygens (including phenoxy) is 2. The van der Waals surface area contributed by atoms with Crippen LogP contribution in [-0.2, 0) is 6.61 Å². The first-order chi connectivity index (χ1) is 14.0. The number of aromatic amines is 1. The Morgan fingerprint density at radius 3 is 2.76 bits per heavy atom. The van der Waals surface area contributed by atoms with Crippen LogP contribution in [-0.4, -0.2) is 23.3 Å². The highest BCUT2D eigenvalue weighted by atomic mass is 35.5. The summed E-state index contributed by atoms with van der Waals surface area (Å²) in [5, 5.41) is 5.07. The zero-order valence-corrected chi connectivity index (χ0v) is 17.2. The summed E-state index contributed by atoms with van der Waals surface area (Å²) in [6.07, 6.45) is 1.55. The number of H-pyrrole nitrogens is 1. The number of hydrazone groups is 1. The standard InChI is InChI=1S/C20H18Cl2N4O3/c1-12-8-18(27)25-20(24-12)26-23-10-14-4-3-5-17(28-2)19(14)29-11-13-6-7-15(21)16(22)9-13/h3-10H,11H2,1-2H3,(H2,24,25,26,27)/b23-10+. The summed E-state index contributed by atoms with van der Waals surface area (Å²) in [7, 11) is 1.56. The predicted molar refractivity (Wildman–Crippen MR) is 115 cm³/mol. The first kappa shape index (κ1) is 20.7. The number of rotatable bonds is 7. The van der Waals surface area contributed by atoms with E-state index in [-0.39, 0.29) is 18.1 Å². The van der Waals surface area contributed by atoms with Gasteiger partial charge in [-0.25, -0.2) is 10.4 Å². The molecule has 0 aliphatic heterocycles. The van der Waals surface area contributed by atoms with Crippen LogP contribution in [0.25, 0.3) is 0 Å². The summed E-state index contributed by atoms with van der Waals surface area (Å²) in [6, 6.07) is 12.1. The molecular formula is C20H18Cl2N4O3. The normalized spacial score (nSPS) is 10.9. The smallest absolute Gasteiger partial charge is 0.252 e. The third-order valence-corrected chi connectivity index (χ3v) is 4.58. The molecule has 1 heterocycles. The highest BCUT2D eigenvalue weighted by molar-refractivity contribution is 6.42. The number of methoxy groups -OCH3 is 1. The van der Waals surface area contributed by atoms with E-state index < -0.39 is 0 Å². The van der Waals surface area contributed by atoms with Crippen LogP contribution in [0.2, 0.25) is 10.0 Å². The maximum atomic E-state index is 11.5. The van der Waals surface area contributed by atoms with E-state index in [1.54, 1.807) is 38.4 Å². The monoisotopic (exact) mass is 432 g/mol. The molecule has 0 atom stereocenters. The van der Waals surface area contributed by atoms with Crippen molar-refractivity contribution in [3.8, 4) is 11.5 Å². The number of aryl methyl sites for hydroxylation is 1. The highest BCUT2D eigenvalue weighted by Crippen LogP contribution is 2.31. The Bertz CT molecular complexity index is 1100. The lowest BCUT2D eigenvalue weighted by Crippen LogP contribution is -2.10. The average molecular weight is 433 g/mol. The minimum atomic E-state index is -0.262. The highest BCUT2D eigenvalue weighted by Gasteiger charge is 2.10. The largest absolute Gasteiger partial charge is 0.493 e. The third-order valence-electron chi connectivity index (χ3n) is 3.84. The van der Waals surface area contributed by atoms with Gasteiger partial charge in [-0.1, -0.05) is 35.3 Å². The van der Waals surface area contributed by atoms with Crippen LogP contribution in [0.5, 0.6) is 11.5 Å². The molecule has 0 amide bonds. The third kappa shape index (κ3) is 5.49. The molecule has 3 aromatic rings. The maximum absolute atomic E-state index is 11.5. The lowest BCUT2D eigenvalue weighted by Gasteiger charge is -2.13. The van der Waals surface area contributed by atoms with Crippen LogP contribution in [0, 0.1) is 6.92 Å². The number of hydrogen-bond donors (Lipinski definition) is 2. The molecule has 0 unspecified atom stereocenters. The molecule has 0 fully saturated rings. The molecule has 150 valence electrons. The van der Waals surface area contributed by atoms with Gasteiger partial charge in [-0.05, 0) is 36.8 Å². The minimum Gasteiger partial charge on any atom is -0.493 e. The van der Waals surface area contributed by atoms with Gasteiger partial charge in [0, 0.05) is 17.3 Å². The van der Waals surface area contributed by atoms with E-state index in [2.05, 4.69) is 20.5 Å². The van der Waals surface area contributed by atoms with Gasteiger partial charge in [0.05, 0.1) is 23.4 Å². The Morgan fingerprint density at radius 2 is 2.03 bits per heavy atom. The minimum absolute atomic E-state index is 0.243. The lowest BCUT2D eigenvalue weighted by atomic mass is 10.2. The van der Waals surface area contributed by atoms with Gasteiger partial charge in [0.25, 0.3) is 5.56 Å². The summed E-state index contributed by atoms with van der Waals surface area (Å²) >= 11 is 12.0. The Kier molecular flexibility index (Phi) is 6.74. The van der Waals surface area contributed by atoms with Gasteiger partial charge in [0.2, 0.25) is 5.95 Å². The first-order valence-corrected chi connectivity index (χ1v) is 9.32. The Morgan fingerprint density at radius 1 is 1.21 bits per heavy atom. The number of anilines is 1. The molecule has 9 heteroatoms. The fourth-order valence-corrected chi connectivity index (χ4v) is 2.85. The zero-order valence-electron chi connectivity index (χ0n) is 15.7. The molecule has 0 aliphatic carbocycles. The van der Waals surface area contributed by atoms with E-state index in [9.17, 15) is 4.79 Å². The molecule has 0 saturated carbocycles. The van der Waals surface area contributed by atoms with E-state index in [0.717, 1.165) is 5.56 Å². The summed E-state index contributed by atoms with van der Waals surface area (Å²) in [6.45, 7) is 1.99.